The largest absolute Gasteiger partial charge is 0.334 e. The Balaban J connectivity index is 1.92. The van der Waals surface area contributed by atoms with Crippen molar-refractivity contribution in [2.75, 3.05) is 24.6 Å². The molecule has 0 saturated carbocycles. The van der Waals surface area contributed by atoms with Crippen LogP contribution in [0.4, 0.5) is 0 Å². The first kappa shape index (κ1) is 18.8. The maximum absolute atomic E-state index is 12.9. The van der Waals surface area contributed by atoms with Gasteiger partial charge in [-0.05, 0) is 19.1 Å². The second kappa shape index (κ2) is 6.33. The Bertz CT molecular complexity index is 844. The van der Waals surface area contributed by atoms with Crippen LogP contribution in [0, 0.1) is 12.3 Å². The van der Waals surface area contributed by atoms with Gasteiger partial charge in [0.2, 0.25) is 5.91 Å². The minimum atomic E-state index is -3.31. The molecule has 8 heteroatoms. The molecule has 2 aliphatic heterocycles. The number of aryl methyl sites for hydroxylation is 1. The second-order valence-corrected chi connectivity index (χ2v) is 10.3. The Hall–Kier alpha value is -1.96. The van der Waals surface area contributed by atoms with Crippen molar-refractivity contribution in [3.05, 3.63) is 29.6 Å². The number of carbonyl (C=O) groups is 2. The lowest BCUT2D eigenvalue weighted by Crippen LogP contribution is -2.63. The number of aromatic nitrogens is 1. The number of piperazine rings is 1. The van der Waals surface area contributed by atoms with Crippen LogP contribution in [-0.4, -0.2) is 71.7 Å². The Kier molecular flexibility index (Phi) is 4.58. The number of carbonyl (C=O) groups excluding carboxylic acids is 2. The molecular formula is C18H25N3O4S. The molecule has 142 valence electrons. The van der Waals surface area contributed by atoms with Crippen LogP contribution in [0.15, 0.2) is 18.2 Å². The maximum Gasteiger partial charge on any atom is 0.272 e. The molecule has 2 atom stereocenters. The Morgan fingerprint density at radius 2 is 1.65 bits per heavy atom. The van der Waals surface area contributed by atoms with E-state index in [1.807, 2.05) is 20.8 Å². The SMILES string of the molecule is Cc1cccc(C(=O)N2CCN(C(=O)C(C)(C)C)C3CS(=O)(=O)CC32)n1. The van der Waals surface area contributed by atoms with Crippen molar-refractivity contribution in [2.24, 2.45) is 5.41 Å². The van der Waals surface area contributed by atoms with Gasteiger partial charge in [-0.15, -0.1) is 0 Å². The first-order valence-corrected chi connectivity index (χ1v) is 10.6. The number of rotatable bonds is 1. The lowest BCUT2D eigenvalue weighted by molar-refractivity contribution is -0.144. The number of sulfone groups is 1. The molecule has 2 fully saturated rings. The summed E-state index contributed by atoms with van der Waals surface area (Å²) in [6, 6.07) is 4.20. The van der Waals surface area contributed by atoms with Gasteiger partial charge in [0.05, 0.1) is 23.6 Å². The average Bonchev–Trinajstić information content (AvgIpc) is 2.86. The van der Waals surface area contributed by atoms with E-state index in [1.165, 1.54) is 0 Å². The molecule has 2 saturated heterocycles. The fourth-order valence-electron chi connectivity index (χ4n) is 3.70. The van der Waals surface area contributed by atoms with Crippen LogP contribution in [0.2, 0.25) is 0 Å². The van der Waals surface area contributed by atoms with E-state index in [9.17, 15) is 18.0 Å². The van der Waals surface area contributed by atoms with Crippen LogP contribution >= 0.6 is 0 Å². The Morgan fingerprint density at radius 1 is 1.08 bits per heavy atom. The van der Waals surface area contributed by atoms with Gasteiger partial charge in [0.25, 0.3) is 5.91 Å². The molecular weight excluding hydrogens is 354 g/mol. The summed E-state index contributed by atoms with van der Waals surface area (Å²) in [5.74, 6) is -0.553. The lowest BCUT2D eigenvalue weighted by Gasteiger charge is -2.45. The fraction of sp³-hybridized carbons (Fsp3) is 0.611. The molecule has 2 amide bonds. The highest BCUT2D eigenvalue weighted by Crippen LogP contribution is 2.31. The number of nitrogens with zero attached hydrogens (tertiary/aromatic N) is 3. The zero-order chi connectivity index (χ0) is 19.3. The molecule has 0 radical (unpaired) electrons. The van der Waals surface area contributed by atoms with Crippen LogP contribution in [0.3, 0.4) is 0 Å². The van der Waals surface area contributed by atoms with Gasteiger partial charge in [0, 0.05) is 24.2 Å². The molecule has 3 rings (SSSR count). The molecule has 0 spiro atoms. The molecule has 0 bridgehead atoms. The molecule has 1 aromatic heterocycles. The van der Waals surface area contributed by atoms with Gasteiger partial charge < -0.3 is 9.80 Å². The number of hydrogen-bond donors (Lipinski definition) is 0. The second-order valence-electron chi connectivity index (χ2n) is 8.12. The minimum absolute atomic E-state index is 0.0784. The normalized spacial score (nSPS) is 25.1. The smallest absolute Gasteiger partial charge is 0.272 e. The summed E-state index contributed by atoms with van der Waals surface area (Å²) >= 11 is 0. The van der Waals surface area contributed by atoms with Crippen molar-refractivity contribution in [3.63, 3.8) is 0 Å². The quantitative estimate of drug-likeness (QED) is 0.723. The number of pyridine rings is 1. The third-order valence-electron chi connectivity index (χ3n) is 4.95. The number of fused-ring (bicyclic) bond motifs is 1. The third kappa shape index (κ3) is 3.47. The van der Waals surface area contributed by atoms with Crippen LogP contribution in [-0.2, 0) is 14.6 Å². The monoisotopic (exact) mass is 379 g/mol. The van der Waals surface area contributed by atoms with E-state index < -0.39 is 27.3 Å². The lowest BCUT2D eigenvalue weighted by atomic mass is 9.92. The highest BCUT2D eigenvalue weighted by Gasteiger charge is 2.50. The predicted octanol–water partition coefficient (Wildman–Crippen LogP) is 0.886. The summed E-state index contributed by atoms with van der Waals surface area (Å²) in [6.45, 7) is 7.92. The number of amides is 2. The highest BCUT2D eigenvalue weighted by molar-refractivity contribution is 7.91. The highest BCUT2D eigenvalue weighted by atomic mass is 32.2. The molecule has 26 heavy (non-hydrogen) atoms. The Morgan fingerprint density at radius 3 is 2.23 bits per heavy atom. The molecule has 1 aromatic rings. The van der Waals surface area contributed by atoms with Gasteiger partial charge in [-0.2, -0.15) is 0 Å². The summed E-state index contributed by atoms with van der Waals surface area (Å²) < 4.78 is 24.6. The first-order chi connectivity index (χ1) is 12.0. The van der Waals surface area contributed by atoms with Gasteiger partial charge in [-0.1, -0.05) is 26.8 Å². The maximum atomic E-state index is 12.9. The van der Waals surface area contributed by atoms with Gasteiger partial charge >= 0.3 is 0 Å². The van der Waals surface area contributed by atoms with Crippen molar-refractivity contribution in [1.82, 2.24) is 14.8 Å². The molecule has 7 nitrogen and oxygen atoms in total. The molecule has 3 heterocycles. The zero-order valence-corrected chi connectivity index (χ0v) is 16.4. The summed E-state index contributed by atoms with van der Waals surface area (Å²) in [7, 11) is -3.31. The zero-order valence-electron chi connectivity index (χ0n) is 15.6. The van der Waals surface area contributed by atoms with Gasteiger partial charge in [0.15, 0.2) is 9.84 Å². The molecule has 2 aliphatic rings. The van der Waals surface area contributed by atoms with Gasteiger partial charge in [-0.3, -0.25) is 9.59 Å². The van der Waals surface area contributed by atoms with Gasteiger partial charge in [-0.25, -0.2) is 13.4 Å². The van der Waals surface area contributed by atoms with Crippen LogP contribution in [0.1, 0.15) is 37.0 Å². The summed E-state index contributed by atoms with van der Waals surface area (Å²) in [6.07, 6.45) is 0. The van der Waals surface area contributed by atoms with E-state index in [0.29, 0.717) is 18.8 Å². The Labute approximate surface area is 154 Å². The standard InChI is InChI=1S/C18H25N3O4S/c1-12-6-5-7-13(19-12)16(22)20-8-9-21(17(23)18(2,3)4)15-11-26(24,25)10-14(15)20/h5-7,14-15H,8-11H2,1-4H3. The van der Waals surface area contributed by atoms with E-state index in [2.05, 4.69) is 4.98 Å². The van der Waals surface area contributed by atoms with Crippen LogP contribution < -0.4 is 0 Å². The van der Waals surface area contributed by atoms with E-state index >= 15 is 0 Å². The summed E-state index contributed by atoms with van der Waals surface area (Å²) in [4.78, 5) is 33.2. The first-order valence-electron chi connectivity index (χ1n) is 8.76. The van der Waals surface area contributed by atoms with E-state index in [4.69, 9.17) is 0 Å². The van der Waals surface area contributed by atoms with Crippen molar-refractivity contribution < 1.29 is 18.0 Å². The predicted molar refractivity (Wildman–Crippen MR) is 97.4 cm³/mol. The van der Waals surface area contributed by atoms with E-state index in [-0.39, 0.29) is 23.3 Å². The van der Waals surface area contributed by atoms with Crippen molar-refractivity contribution in [1.29, 1.82) is 0 Å². The minimum Gasteiger partial charge on any atom is -0.334 e. The average molecular weight is 379 g/mol. The van der Waals surface area contributed by atoms with Gasteiger partial charge in [0.1, 0.15) is 5.69 Å². The van der Waals surface area contributed by atoms with Crippen molar-refractivity contribution >= 4 is 21.7 Å². The molecule has 0 aromatic carbocycles. The van der Waals surface area contributed by atoms with E-state index in [0.717, 1.165) is 5.69 Å². The summed E-state index contributed by atoms with van der Waals surface area (Å²) in [5, 5.41) is 0. The van der Waals surface area contributed by atoms with Crippen molar-refractivity contribution in [2.45, 2.75) is 39.8 Å². The third-order valence-corrected chi connectivity index (χ3v) is 6.65. The van der Waals surface area contributed by atoms with Crippen LogP contribution in [0.5, 0.6) is 0 Å². The number of hydrogen-bond acceptors (Lipinski definition) is 5. The summed E-state index contributed by atoms with van der Waals surface area (Å²) in [5.41, 5.74) is 0.442. The van der Waals surface area contributed by atoms with Crippen molar-refractivity contribution in [3.8, 4) is 0 Å². The molecule has 0 N–H and O–H groups in total. The van der Waals surface area contributed by atoms with Crippen LogP contribution in [0.25, 0.3) is 0 Å². The topological polar surface area (TPSA) is 87.7 Å². The molecule has 2 unspecified atom stereocenters. The van der Waals surface area contributed by atoms with E-state index in [1.54, 1.807) is 34.9 Å². The molecule has 0 aliphatic carbocycles. The fourth-order valence-corrected chi connectivity index (χ4v) is 5.68.